The predicted molar refractivity (Wildman–Crippen MR) is 138 cm³/mol. The van der Waals surface area contributed by atoms with E-state index in [9.17, 15) is 23.4 Å². The van der Waals surface area contributed by atoms with Crippen LogP contribution in [0.3, 0.4) is 0 Å². The third-order valence-corrected chi connectivity index (χ3v) is 9.01. The maximum Gasteiger partial charge on any atom is 0.418 e. The summed E-state index contributed by atoms with van der Waals surface area (Å²) < 4.78 is 49.4. The van der Waals surface area contributed by atoms with E-state index in [0.29, 0.717) is 30.8 Å². The Morgan fingerprint density at radius 1 is 1.16 bits per heavy atom. The highest BCUT2D eigenvalue weighted by Gasteiger charge is 2.48. The number of aliphatic hydroxyl groups excluding tert-OH is 1. The molecule has 38 heavy (non-hydrogen) atoms. The number of benzene rings is 2. The summed E-state index contributed by atoms with van der Waals surface area (Å²) in [6, 6.07) is 8.24. The number of piperidine rings is 1. The van der Waals surface area contributed by atoms with E-state index in [1.807, 2.05) is 18.2 Å². The molecule has 0 amide bonds. The molecule has 1 spiro atoms. The molecular weight excluding hydrogens is 519 g/mol. The molecule has 0 unspecified atom stereocenters. The standard InChI is InChI=1S/C28H31ClF3N3O3/c1-26(37)14-19(15-26)35-16-33-23-13-20(12-22(25(23)35)28(30,31)32)38-9-8-34-6-4-27(5-7-34)21-11-18(29)3-2-17(21)10-24(27)36/h2-3,11-13,16,19,24,36-37H,4-10,14-15H2,1H3/t19?,24-,26?/m1/s1. The molecule has 1 atom stereocenters. The summed E-state index contributed by atoms with van der Waals surface area (Å²) in [6.07, 6.45) is -0.585. The van der Waals surface area contributed by atoms with E-state index in [4.69, 9.17) is 16.3 Å². The summed E-state index contributed by atoms with van der Waals surface area (Å²) in [5.74, 6) is 0.138. The second-order valence-corrected chi connectivity index (χ2v) is 11.9. The zero-order valence-electron chi connectivity index (χ0n) is 21.1. The van der Waals surface area contributed by atoms with E-state index in [1.54, 1.807) is 13.0 Å². The lowest BCUT2D eigenvalue weighted by Gasteiger charge is -2.42. The van der Waals surface area contributed by atoms with Gasteiger partial charge in [0.15, 0.2) is 0 Å². The Hall–Kier alpha value is -2.33. The van der Waals surface area contributed by atoms with Gasteiger partial charge in [0.1, 0.15) is 12.4 Å². The molecule has 1 saturated carbocycles. The van der Waals surface area contributed by atoms with E-state index >= 15 is 0 Å². The molecule has 0 radical (unpaired) electrons. The lowest BCUT2D eigenvalue weighted by atomic mass is 9.72. The summed E-state index contributed by atoms with van der Waals surface area (Å²) in [5.41, 5.74) is 0.628. The molecule has 6 nitrogen and oxygen atoms in total. The van der Waals surface area contributed by atoms with Crippen LogP contribution in [0.4, 0.5) is 13.2 Å². The summed E-state index contributed by atoms with van der Waals surface area (Å²) in [7, 11) is 0. The van der Waals surface area contributed by atoms with E-state index in [0.717, 1.165) is 43.1 Å². The quantitative estimate of drug-likeness (QED) is 0.462. The number of aliphatic hydroxyl groups is 2. The summed E-state index contributed by atoms with van der Waals surface area (Å²) in [6.45, 7) is 4.02. The van der Waals surface area contributed by atoms with Crippen molar-refractivity contribution in [2.45, 2.75) is 68.4 Å². The lowest BCUT2D eigenvalue weighted by molar-refractivity contribution is -0.136. The maximum atomic E-state index is 14.0. The van der Waals surface area contributed by atoms with Gasteiger partial charge in [0.2, 0.25) is 0 Å². The number of halogens is 4. The highest BCUT2D eigenvalue weighted by Crippen LogP contribution is 2.48. The molecule has 2 fully saturated rings. The number of rotatable bonds is 5. The van der Waals surface area contributed by atoms with Gasteiger partial charge in [-0.1, -0.05) is 17.7 Å². The molecule has 1 aromatic heterocycles. The van der Waals surface area contributed by atoms with Gasteiger partial charge in [-0.15, -0.1) is 0 Å². The minimum absolute atomic E-state index is 0.0298. The molecule has 2 aliphatic carbocycles. The molecule has 2 heterocycles. The average molecular weight is 550 g/mol. The largest absolute Gasteiger partial charge is 0.492 e. The SMILES string of the molecule is CC1(O)CC(n2cnc3cc(OCCN4CCC5(CC4)c4cc(Cl)ccc4C[C@H]5O)cc(C(F)(F)F)c32)C1. The monoisotopic (exact) mass is 549 g/mol. The van der Waals surface area contributed by atoms with Gasteiger partial charge >= 0.3 is 6.18 Å². The van der Waals surface area contributed by atoms with Gasteiger partial charge in [0.25, 0.3) is 0 Å². The molecular formula is C28H31ClF3N3O3. The van der Waals surface area contributed by atoms with Crippen molar-refractivity contribution in [1.29, 1.82) is 0 Å². The molecule has 1 aliphatic heterocycles. The molecule has 1 saturated heterocycles. The van der Waals surface area contributed by atoms with Gasteiger partial charge in [-0.25, -0.2) is 4.98 Å². The Morgan fingerprint density at radius 2 is 1.89 bits per heavy atom. The first-order valence-electron chi connectivity index (χ1n) is 13.1. The first-order valence-corrected chi connectivity index (χ1v) is 13.5. The summed E-state index contributed by atoms with van der Waals surface area (Å²) >= 11 is 6.25. The highest BCUT2D eigenvalue weighted by molar-refractivity contribution is 6.30. The number of fused-ring (bicyclic) bond motifs is 3. The van der Waals surface area contributed by atoms with Gasteiger partial charge in [-0.2, -0.15) is 13.2 Å². The van der Waals surface area contributed by atoms with Crippen LogP contribution >= 0.6 is 11.6 Å². The second-order valence-electron chi connectivity index (χ2n) is 11.4. The van der Waals surface area contributed by atoms with Crippen LogP contribution in [0.2, 0.25) is 5.02 Å². The van der Waals surface area contributed by atoms with Crippen LogP contribution < -0.4 is 4.74 Å². The summed E-state index contributed by atoms with van der Waals surface area (Å²) in [5, 5.41) is 21.6. The van der Waals surface area contributed by atoms with Gasteiger partial charge in [-0.3, -0.25) is 4.90 Å². The van der Waals surface area contributed by atoms with Crippen molar-refractivity contribution in [3.63, 3.8) is 0 Å². The number of aromatic nitrogens is 2. The zero-order chi connectivity index (χ0) is 26.9. The van der Waals surface area contributed by atoms with Crippen molar-refractivity contribution >= 4 is 22.6 Å². The number of hydrogen-bond acceptors (Lipinski definition) is 5. The van der Waals surface area contributed by atoms with Gasteiger partial charge in [0, 0.05) is 29.1 Å². The molecule has 3 aliphatic rings. The molecule has 0 bridgehead atoms. The number of ether oxygens (including phenoxy) is 1. The van der Waals surface area contributed by atoms with Crippen molar-refractivity contribution in [2.75, 3.05) is 26.2 Å². The van der Waals surface area contributed by atoms with Crippen LogP contribution in [0.1, 0.15) is 55.3 Å². The Labute approximate surface area is 224 Å². The van der Waals surface area contributed by atoms with Crippen molar-refractivity contribution in [3.8, 4) is 5.75 Å². The van der Waals surface area contributed by atoms with Crippen molar-refractivity contribution in [2.24, 2.45) is 0 Å². The Bertz CT molecular complexity index is 1360. The molecule has 2 N–H and O–H groups in total. The maximum absolute atomic E-state index is 14.0. The number of hydrogen-bond donors (Lipinski definition) is 2. The lowest BCUT2D eigenvalue weighted by Crippen LogP contribution is -2.48. The number of nitrogens with zero attached hydrogens (tertiary/aromatic N) is 3. The van der Waals surface area contributed by atoms with E-state index in [1.165, 1.54) is 10.9 Å². The minimum atomic E-state index is -4.57. The Morgan fingerprint density at radius 3 is 2.58 bits per heavy atom. The van der Waals surface area contributed by atoms with Crippen LogP contribution in [0.25, 0.3) is 11.0 Å². The average Bonchev–Trinajstić information content (AvgIpc) is 3.37. The van der Waals surface area contributed by atoms with E-state index < -0.39 is 23.4 Å². The fraction of sp³-hybridized carbons (Fsp3) is 0.536. The Balaban J connectivity index is 1.12. The van der Waals surface area contributed by atoms with Gasteiger partial charge in [-0.05, 0) is 81.4 Å². The fourth-order valence-corrected chi connectivity index (χ4v) is 6.89. The molecule has 10 heteroatoms. The fourth-order valence-electron chi connectivity index (χ4n) is 6.72. The smallest absolute Gasteiger partial charge is 0.418 e. The predicted octanol–water partition coefficient (Wildman–Crippen LogP) is 5.12. The van der Waals surface area contributed by atoms with Crippen LogP contribution in [-0.4, -0.2) is 62.6 Å². The van der Waals surface area contributed by atoms with Crippen LogP contribution in [-0.2, 0) is 18.0 Å². The van der Waals surface area contributed by atoms with Crippen molar-refractivity contribution in [1.82, 2.24) is 14.5 Å². The number of likely N-dealkylation sites (tertiary alicyclic amines) is 1. The number of alkyl halides is 3. The first kappa shape index (κ1) is 25.9. The van der Waals surface area contributed by atoms with Crippen LogP contribution in [0.15, 0.2) is 36.7 Å². The second kappa shape index (κ2) is 9.11. The minimum Gasteiger partial charge on any atom is -0.492 e. The number of imidazole rings is 1. The van der Waals surface area contributed by atoms with Crippen molar-refractivity contribution < 1.29 is 28.1 Å². The van der Waals surface area contributed by atoms with E-state index in [-0.39, 0.29) is 34.8 Å². The van der Waals surface area contributed by atoms with Crippen LogP contribution in [0, 0.1) is 0 Å². The third-order valence-electron chi connectivity index (χ3n) is 8.78. The van der Waals surface area contributed by atoms with Crippen LogP contribution in [0.5, 0.6) is 5.75 Å². The van der Waals surface area contributed by atoms with E-state index in [2.05, 4.69) is 9.88 Å². The highest BCUT2D eigenvalue weighted by atomic mass is 35.5. The molecule has 204 valence electrons. The molecule has 2 aromatic carbocycles. The molecule has 6 rings (SSSR count). The topological polar surface area (TPSA) is 70.8 Å². The Kier molecular flexibility index (Phi) is 6.22. The summed E-state index contributed by atoms with van der Waals surface area (Å²) in [4.78, 5) is 6.46. The van der Waals surface area contributed by atoms with Gasteiger partial charge < -0.3 is 19.5 Å². The molecule has 3 aromatic rings. The first-order chi connectivity index (χ1) is 18.0. The van der Waals surface area contributed by atoms with Crippen molar-refractivity contribution in [3.05, 3.63) is 58.4 Å². The van der Waals surface area contributed by atoms with Gasteiger partial charge in [0.05, 0.1) is 34.6 Å². The zero-order valence-corrected chi connectivity index (χ0v) is 21.9. The normalized spacial score (nSPS) is 27.0. The third kappa shape index (κ3) is 4.47.